The Balaban J connectivity index is 2.13. The first kappa shape index (κ1) is 18.4. The van der Waals surface area contributed by atoms with Crippen LogP contribution >= 0.6 is 0 Å². The van der Waals surface area contributed by atoms with Crippen molar-refractivity contribution in [1.82, 2.24) is 10.2 Å². The van der Waals surface area contributed by atoms with Crippen LogP contribution in [0.15, 0.2) is 17.0 Å². The van der Waals surface area contributed by atoms with Crippen LogP contribution in [0.4, 0.5) is 13.2 Å². The van der Waals surface area contributed by atoms with Gasteiger partial charge in [0, 0.05) is 24.8 Å². The molecule has 1 N–H and O–H groups in total. The van der Waals surface area contributed by atoms with Crippen molar-refractivity contribution in [3.63, 3.8) is 0 Å². The molecule has 0 aromatic heterocycles. The second kappa shape index (κ2) is 5.79. The number of piperidine rings is 1. The van der Waals surface area contributed by atoms with Gasteiger partial charge in [-0.15, -0.1) is 0 Å². The maximum absolute atomic E-state index is 13.3. The van der Waals surface area contributed by atoms with Gasteiger partial charge < -0.3 is 4.90 Å². The fourth-order valence-electron chi connectivity index (χ4n) is 3.23. The van der Waals surface area contributed by atoms with Gasteiger partial charge in [-0.25, -0.2) is 8.42 Å². The van der Waals surface area contributed by atoms with Crippen molar-refractivity contribution in [2.75, 3.05) is 6.26 Å². The zero-order chi connectivity index (χ0) is 19.4. The molecular weight excluding hydrogens is 377 g/mol. The fraction of sp³-hybridized carbons (Fsp3) is 0.400. The lowest BCUT2D eigenvalue weighted by molar-refractivity contribution is -0.138. The average molecular weight is 390 g/mol. The molecule has 2 aliphatic heterocycles. The highest BCUT2D eigenvalue weighted by Gasteiger charge is 2.46. The number of carbonyl (C=O) groups excluding carboxylic acids is 3. The van der Waals surface area contributed by atoms with Gasteiger partial charge in [0.2, 0.25) is 11.8 Å². The highest BCUT2D eigenvalue weighted by Crippen LogP contribution is 2.40. The first-order valence-electron chi connectivity index (χ1n) is 7.49. The summed E-state index contributed by atoms with van der Waals surface area (Å²) in [7, 11) is -3.89. The van der Waals surface area contributed by atoms with Crippen molar-refractivity contribution < 1.29 is 36.0 Å². The molecule has 1 saturated heterocycles. The van der Waals surface area contributed by atoms with Crippen LogP contribution < -0.4 is 5.32 Å². The van der Waals surface area contributed by atoms with E-state index >= 15 is 0 Å². The second-order valence-electron chi connectivity index (χ2n) is 6.13. The summed E-state index contributed by atoms with van der Waals surface area (Å²) in [6, 6.07) is 0.236. The lowest BCUT2D eigenvalue weighted by Crippen LogP contribution is -2.52. The number of nitrogens with zero attached hydrogens (tertiary/aromatic N) is 1. The Kier molecular flexibility index (Phi) is 4.09. The summed E-state index contributed by atoms with van der Waals surface area (Å²) in [5.74, 6) is -2.41. The van der Waals surface area contributed by atoms with Crippen LogP contribution in [0.3, 0.4) is 0 Å². The Hall–Kier alpha value is -2.43. The SMILES string of the molecule is CS(=O)(=O)c1ccc(C(F)(F)F)c2c1CN(C1CCC(=O)NC1=O)C2=O. The van der Waals surface area contributed by atoms with Gasteiger partial charge in [-0.05, 0) is 18.6 Å². The number of sulfone groups is 1. The van der Waals surface area contributed by atoms with Crippen LogP contribution in [-0.2, 0) is 32.1 Å². The van der Waals surface area contributed by atoms with Gasteiger partial charge in [0.1, 0.15) is 6.04 Å². The molecule has 0 spiro atoms. The summed E-state index contributed by atoms with van der Waals surface area (Å²) in [6.07, 6.45) is -4.15. The van der Waals surface area contributed by atoms with Gasteiger partial charge in [-0.3, -0.25) is 19.7 Å². The molecule has 1 unspecified atom stereocenters. The zero-order valence-corrected chi connectivity index (χ0v) is 14.2. The number of fused-ring (bicyclic) bond motifs is 1. The van der Waals surface area contributed by atoms with Crippen molar-refractivity contribution in [1.29, 1.82) is 0 Å². The number of amides is 3. The highest BCUT2D eigenvalue weighted by atomic mass is 32.2. The summed E-state index contributed by atoms with van der Waals surface area (Å²) >= 11 is 0. The molecule has 0 bridgehead atoms. The van der Waals surface area contributed by atoms with E-state index in [2.05, 4.69) is 0 Å². The van der Waals surface area contributed by atoms with E-state index in [1.807, 2.05) is 5.32 Å². The number of rotatable bonds is 2. The van der Waals surface area contributed by atoms with E-state index in [-0.39, 0.29) is 23.3 Å². The quantitative estimate of drug-likeness (QED) is 0.756. The Morgan fingerprint density at radius 2 is 1.85 bits per heavy atom. The third-order valence-electron chi connectivity index (χ3n) is 4.36. The minimum absolute atomic E-state index is 0.0417. The Labute approximate surface area is 146 Å². The van der Waals surface area contributed by atoms with E-state index in [9.17, 15) is 36.0 Å². The number of carbonyl (C=O) groups is 3. The molecule has 140 valence electrons. The van der Waals surface area contributed by atoms with E-state index in [1.165, 1.54) is 0 Å². The molecular formula is C15H13F3N2O5S. The normalized spacial score (nSPS) is 21.0. The van der Waals surface area contributed by atoms with E-state index in [1.54, 1.807) is 0 Å². The Bertz CT molecular complexity index is 939. The van der Waals surface area contributed by atoms with Gasteiger partial charge >= 0.3 is 6.18 Å². The van der Waals surface area contributed by atoms with Gasteiger partial charge in [-0.2, -0.15) is 13.2 Å². The largest absolute Gasteiger partial charge is 0.417 e. The van der Waals surface area contributed by atoms with Crippen molar-refractivity contribution >= 4 is 27.6 Å². The van der Waals surface area contributed by atoms with Crippen molar-refractivity contribution in [3.05, 3.63) is 28.8 Å². The maximum atomic E-state index is 13.3. The summed E-state index contributed by atoms with van der Waals surface area (Å²) in [5, 5.41) is 2.03. The number of nitrogens with one attached hydrogen (secondary N) is 1. The molecule has 2 aliphatic rings. The fourth-order valence-corrected chi connectivity index (χ4v) is 4.16. The smallest absolute Gasteiger partial charge is 0.322 e. The highest BCUT2D eigenvalue weighted by molar-refractivity contribution is 7.90. The van der Waals surface area contributed by atoms with E-state index in [0.717, 1.165) is 17.2 Å². The summed E-state index contributed by atoms with van der Waals surface area (Å²) in [6.45, 7) is -0.452. The molecule has 0 aliphatic carbocycles. The molecule has 1 aromatic carbocycles. The van der Waals surface area contributed by atoms with Gasteiger partial charge in [0.05, 0.1) is 16.0 Å². The van der Waals surface area contributed by atoms with Crippen LogP contribution in [0.2, 0.25) is 0 Å². The Morgan fingerprint density at radius 3 is 2.38 bits per heavy atom. The minimum Gasteiger partial charge on any atom is -0.322 e. The lowest BCUT2D eigenvalue weighted by Gasteiger charge is -2.29. The van der Waals surface area contributed by atoms with Gasteiger partial charge in [0.25, 0.3) is 5.91 Å². The van der Waals surface area contributed by atoms with Crippen molar-refractivity contribution in [2.24, 2.45) is 0 Å². The molecule has 1 fully saturated rings. The number of hydrogen-bond acceptors (Lipinski definition) is 5. The molecule has 3 rings (SSSR count). The summed E-state index contributed by atoms with van der Waals surface area (Å²) in [5.41, 5.74) is -2.29. The summed E-state index contributed by atoms with van der Waals surface area (Å²) in [4.78, 5) is 36.4. The third kappa shape index (κ3) is 2.96. The molecule has 1 aromatic rings. The predicted octanol–water partition coefficient (Wildman–Crippen LogP) is 0.870. The molecule has 26 heavy (non-hydrogen) atoms. The molecule has 0 radical (unpaired) electrons. The van der Waals surface area contributed by atoms with Crippen molar-refractivity contribution in [3.8, 4) is 0 Å². The zero-order valence-electron chi connectivity index (χ0n) is 13.4. The average Bonchev–Trinajstić information content (AvgIpc) is 2.82. The Morgan fingerprint density at radius 1 is 1.19 bits per heavy atom. The van der Waals surface area contributed by atoms with Crippen LogP contribution in [0.5, 0.6) is 0 Å². The number of hydrogen-bond donors (Lipinski definition) is 1. The number of alkyl halides is 3. The first-order valence-corrected chi connectivity index (χ1v) is 9.38. The molecule has 0 saturated carbocycles. The van der Waals surface area contributed by atoms with Gasteiger partial charge in [-0.1, -0.05) is 0 Å². The number of halogens is 3. The number of imide groups is 1. The second-order valence-corrected chi connectivity index (χ2v) is 8.12. The van der Waals surface area contributed by atoms with Crippen molar-refractivity contribution in [2.45, 2.75) is 36.5 Å². The van der Waals surface area contributed by atoms with E-state index in [0.29, 0.717) is 6.07 Å². The molecule has 7 nitrogen and oxygen atoms in total. The molecule has 2 heterocycles. The van der Waals surface area contributed by atoms with E-state index < -0.39 is 57.4 Å². The number of benzene rings is 1. The predicted molar refractivity (Wildman–Crippen MR) is 80.6 cm³/mol. The molecule has 1 atom stereocenters. The monoisotopic (exact) mass is 390 g/mol. The lowest BCUT2D eigenvalue weighted by atomic mass is 10.0. The third-order valence-corrected chi connectivity index (χ3v) is 5.55. The van der Waals surface area contributed by atoms with Crippen LogP contribution in [-0.4, -0.2) is 43.3 Å². The van der Waals surface area contributed by atoms with E-state index in [4.69, 9.17) is 0 Å². The summed E-state index contributed by atoms with van der Waals surface area (Å²) < 4.78 is 63.7. The first-order chi connectivity index (χ1) is 11.9. The molecule has 11 heteroatoms. The minimum atomic E-state index is -4.86. The topological polar surface area (TPSA) is 101 Å². The van der Waals surface area contributed by atoms with Crippen LogP contribution in [0.1, 0.15) is 34.3 Å². The van der Waals surface area contributed by atoms with Gasteiger partial charge in [0.15, 0.2) is 9.84 Å². The standard InChI is InChI=1S/C15H13F3N2O5S/c1-26(24,25)10-4-2-8(15(16,17)18)12-7(10)6-20(14(12)23)9-3-5-11(21)19-13(9)22/h2,4,9H,3,5-6H2,1H3,(H,19,21,22). The molecule has 3 amide bonds. The maximum Gasteiger partial charge on any atom is 0.417 e. The van der Waals surface area contributed by atoms with Crippen LogP contribution in [0.25, 0.3) is 0 Å². The van der Waals surface area contributed by atoms with Crippen LogP contribution in [0, 0.1) is 0 Å².